The first-order chi connectivity index (χ1) is 8.38. The van der Waals surface area contributed by atoms with Gasteiger partial charge in [0.2, 0.25) is 15.9 Å². The van der Waals surface area contributed by atoms with Crippen molar-refractivity contribution in [2.24, 2.45) is 5.73 Å². The molecule has 7 nitrogen and oxygen atoms in total. The Kier molecular flexibility index (Phi) is 4.65. The van der Waals surface area contributed by atoms with E-state index >= 15 is 0 Å². The van der Waals surface area contributed by atoms with Gasteiger partial charge in [-0.2, -0.15) is 0 Å². The number of sulfonamides is 1. The summed E-state index contributed by atoms with van der Waals surface area (Å²) in [6.07, 6.45) is -1.57. The second-order valence-electron chi connectivity index (χ2n) is 3.42. The van der Waals surface area contributed by atoms with Crippen LogP contribution in [-0.2, 0) is 14.8 Å². The minimum absolute atomic E-state index is 0.0795. The van der Waals surface area contributed by atoms with E-state index in [1.807, 2.05) is 0 Å². The predicted octanol–water partition coefficient (Wildman–Crippen LogP) is -1.18. The van der Waals surface area contributed by atoms with Crippen LogP contribution in [0.4, 0.5) is 0 Å². The Morgan fingerprint density at radius 1 is 1.50 bits per heavy atom. The molecule has 1 amide bonds. The first-order valence-corrected chi connectivity index (χ1v) is 6.47. The molecule has 0 aromatic heterocycles. The summed E-state index contributed by atoms with van der Waals surface area (Å²) >= 11 is 0. The van der Waals surface area contributed by atoms with Gasteiger partial charge >= 0.3 is 0 Å². The molecule has 1 aromatic carbocycles. The van der Waals surface area contributed by atoms with Crippen LogP contribution in [0.15, 0.2) is 29.2 Å². The highest BCUT2D eigenvalue weighted by Gasteiger charge is 2.21. The normalized spacial score (nSPS) is 13.0. The number of amides is 1. The maximum atomic E-state index is 11.9. The number of aliphatic hydroxyl groups excluding tert-OH is 1. The van der Waals surface area contributed by atoms with E-state index in [-0.39, 0.29) is 10.6 Å². The molecule has 0 saturated carbocycles. The van der Waals surface area contributed by atoms with E-state index in [4.69, 9.17) is 15.6 Å². The van der Waals surface area contributed by atoms with E-state index < -0.39 is 28.6 Å². The minimum Gasteiger partial charge on any atom is -0.495 e. The lowest BCUT2D eigenvalue weighted by Gasteiger charge is -2.11. The molecule has 0 fully saturated rings. The fourth-order valence-electron chi connectivity index (χ4n) is 1.21. The highest BCUT2D eigenvalue weighted by atomic mass is 32.2. The van der Waals surface area contributed by atoms with Crippen LogP contribution in [0.3, 0.4) is 0 Å². The number of primary amides is 1. The predicted molar refractivity (Wildman–Crippen MR) is 63.4 cm³/mol. The molecule has 0 aliphatic carbocycles. The molecule has 0 aliphatic rings. The van der Waals surface area contributed by atoms with Crippen molar-refractivity contribution in [2.75, 3.05) is 13.7 Å². The zero-order valence-corrected chi connectivity index (χ0v) is 10.5. The Morgan fingerprint density at radius 3 is 2.67 bits per heavy atom. The van der Waals surface area contributed by atoms with E-state index in [2.05, 4.69) is 4.72 Å². The number of benzene rings is 1. The number of carbonyl (C=O) groups excluding carboxylic acids is 1. The monoisotopic (exact) mass is 274 g/mol. The van der Waals surface area contributed by atoms with Crippen LogP contribution in [0.5, 0.6) is 5.75 Å². The topological polar surface area (TPSA) is 119 Å². The van der Waals surface area contributed by atoms with Crippen LogP contribution in [0.25, 0.3) is 0 Å². The van der Waals surface area contributed by atoms with Gasteiger partial charge in [0, 0.05) is 6.54 Å². The fraction of sp³-hybridized carbons (Fsp3) is 0.300. The van der Waals surface area contributed by atoms with Gasteiger partial charge in [0.05, 0.1) is 7.11 Å². The largest absolute Gasteiger partial charge is 0.495 e. The van der Waals surface area contributed by atoms with E-state index in [1.54, 1.807) is 6.07 Å². The number of hydrogen-bond donors (Lipinski definition) is 3. The number of nitrogens with two attached hydrogens (primary N) is 1. The van der Waals surface area contributed by atoms with Crippen molar-refractivity contribution >= 4 is 15.9 Å². The molecule has 1 aromatic rings. The second kappa shape index (κ2) is 5.80. The first kappa shape index (κ1) is 14.4. The molecule has 1 rings (SSSR count). The molecule has 18 heavy (non-hydrogen) atoms. The molecule has 8 heteroatoms. The standard InChI is InChI=1S/C10H14N2O5S/c1-17-8-4-2-3-5-9(8)18(15,16)12-6-7(13)10(11)14/h2-5,7,12-13H,6H2,1H3,(H2,11,14). The average molecular weight is 274 g/mol. The number of methoxy groups -OCH3 is 1. The van der Waals surface area contributed by atoms with Gasteiger partial charge in [-0.25, -0.2) is 13.1 Å². The molecule has 0 heterocycles. The smallest absolute Gasteiger partial charge is 0.247 e. The van der Waals surface area contributed by atoms with Crippen LogP contribution < -0.4 is 15.2 Å². The third-order valence-corrected chi connectivity index (χ3v) is 3.62. The molecule has 0 spiro atoms. The van der Waals surface area contributed by atoms with Crippen LogP contribution in [0.1, 0.15) is 0 Å². The minimum atomic E-state index is -3.87. The summed E-state index contributed by atoms with van der Waals surface area (Å²) in [5.74, 6) is -0.837. The zero-order chi connectivity index (χ0) is 13.8. The number of carbonyl (C=O) groups is 1. The van der Waals surface area contributed by atoms with Gasteiger partial charge in [-0.3, -0.25) is 4.79 Å². The summed E-state index contributed by atoms with van der Waals surface area (Å²) in [6.45, 7) is -0.490. The highest BCUT2D eigenvalue weighted by Crippen LogP contribution is 2.22. The van der Waals surface area contributed by atoms with Gasteiger partial charge in [-0.15, -0.1) is 0 Å². The van der Waals surface area contributed by atoms with Crippen LogP contribution in [0, 0.1) is 0 Å². The average Bonchev–Trinajstić information content (AvgIpc) is 2.35. The first-order valence-electron chi connectivity index (χ1n) is 4.98. The molecule has 1 unspecified atom stereocenters. The lowest BCUT2D eigenvalue weighted by atomic mass is 10.3. The number of aliphatic hydroxyl groups is 1. The van der Waals surface area contributed by atoms with Crippen molar-refractivity contribution in [3.63, 3.8) is 0 Å². The molecule has 1 atom stereocenters. The molecule has 0 aliphatic heterocycles. The third-order valence-electron chi connectivity index (χ3n) is 2.15. The maximum Gasteiger partial charge on any atom is 0.247 e. The van der Waals surface area contributed by atoms with Crippen molar-refractivity contribution in [3.8, 4) is 5.75 Å². The Labute approximate surface area is 105 Å². The molecule has 0 saturated heterocycles. The number of hydrogen-bond acceptors (Lipinski definition) is 5. The van der Waals surface area contributed by atoms with Crippen LogP contribution >= 0.6 is 0 Å². The van der Waals surface area contributed by atoms with Crippen molar-refractivity contribution in [1.29, 1.82) is 0 Å². The Hall–Kier alpha value is -1.64. The summed E-state index contributed by atoms with van der Waals surface area (Å²) < 4.78 is 30.8. The van der Waals surface area contributed by atoms with Gasteiger partial charge in [-0.1, -0.05) is 12.1 Å². The zero-order valence-electron chi connectivity index (χ0n) is 9.66. The lowest BCUT2D eigenvalue weighted by Crippen LogP contribution is -2.40. The summed E-state index contributed by atoms with van der Waals surface area (Å²) in [6, 6.07) is 5.98. The van der Waals surface area contributed by atoms with E-state index in [1.165, 1.54) is 25.3 Å². The lowest BCUT2D eigenvalue weighted by molar-refractivity contribution is -0.125. The molecular formula is C10H14N2O5S. The molecular weight excluding hydrogens is 260 g/mol. The summed E-state index contributed by atoms with van der Waals surface area (Å²) in [5.41, 5.74) is 4.81. The number of ether oxygens (including phenoxy) is 1. The summed E-state index contributed by atoms with van der Waals surface area (Å²) in [5, 5.41) is 9.13. The van der Waals surface area contributed by atoms with E-state index in [0.717, 1.165) is 0 Å². The molecule has 4 N–H and O–H groups in total. The maximum absolute atomic E-state index is 11.9. The third kappa shape index (κ3) is 3.42. The Balaban J connectivity index is 2.90. The molecule has 0 bridgehead atoms. The van der Waals surface area contributed by atoms with E-state index in [0.29, 0.717) is 0 Å². The number of nitrogens with one attached hydrogen (secondary N) is 1. The van der Waals surface area contributed by atoms with Gasteiger partial charge in [0.15, 0.2) is 0 Å². The second-order valence-corrected chi connectivity index (χ2v) is 5.16. The Morgan fingerprint density at radius 2 is 2.11 bits per heavy atom. The summed E-state index contributed by atoms with van der Waals surface area (Å²) in [7, 11) is -2.53. The van der Waals surface area contributed by atoms with Crippen LogP contribution in [-0.4, -0.2) is 39.2 Å². The molecule has 100 valence electrons. The van der Waals surface area contributed by atoms with Crippen molar-refractivity contribution < 1.29 is 23.1 Å². The highest BCUT2D eigenvalue weighted by molar-refractivity contribution is 7.89. The van der Waals surface area contributed by atoms with Crippen molar-refractivity contribution in [2.45, 2.75) is 11.0 Å². The van der Waals surface area contributed by atoms with E-state index in [9.17, 15) is 13.2 Å². The van der Waals surface area contributed by atoms with Gasteiger partial charge in [-0.05, 0) is 12.1 Å². The van der Waals surface area contributed by atoms with Crippen LogP contribution in [0.2, 0.25) is 0 Å². The number of rotatable bonds is 6. The van der Waals surface area contributed by atoms with Crippen molar-refractivity contribution in [3.05, 3.63) is 24.3 Å². The SMILES string of the molecule is COc1ccccc1S(=O)(=O)NCC(O)C(N)=O. The van der Waals surface area contributed by atoms with Gasteiger partial charge in [0.1, 0.15) is 16.7 Å². The number of para-hydroxylation sites is 1. The van der Waals surface area contributed by atoms with Gasteiger partial charge in [0.25, 0.3) is 0 Å². The van der Waals surface area contributed by atoms with Gasteiger partial charge < -0.3 is 15.6 Å². The summed E-state index contributed by atoms with van der Waals surface area (Å²) in [4.78, 5) is 10.5. The Bertz CT molecular complexity index is 529. The quantitative estimate of drug-likeness (QED) is 0.603. The van der Waals surface area contributed by atoms with Crippen molar-refractivity contribution in [1.82, 2.24) is 4.72 Å². The fourth-order valence-corrected chi connectivity index (χ4v) is 2.41. The molecule has 0 radical (unpaired) electrons.